The van der Waals surface area contributed by atoms with Gasteiger partial charge in [0.2, 0.25) is 0 Å². The van der Waals surface area contributed by atoms with E-state index in [1.165, 1.54) is 35.4 Å². The van der Waals surface area contributed by atoms with Crippen LogP contribution in [0, 0.1) is 12.3 Å². The second kappa shape index (κ2) is 8.45. The summed E-state index contributed by atoms with van der Waals surface area (Å²) < 4.78 is 2.06. The SMILES string of the molecule is Cc1ccccc1-n1ncc2c1CC(C)(C)C[C@H]2NC(=O)c1cnc(CN2CCCC2)s1. The van der Waals surface area contributed by atoms with Gasteiger partial charge in [-0.1, -0.05) is 32.0 Å². The number of nitrogens with one attached hydrogen (secondary N) is 1. The first kappa shape index (κ1) is 21.3. The molecule has 0 bridgehead atoms. The van der Waals surface area contributed by atoms with Crippen LogP contribution in [0.3, 0.4) is 0 Å². The van der Waals surface area contributed by atoms with Gasteiger partial charge in [-0.05, 0) is 62.7 Å². The van der Waals surface area contributed by atoms with Crippen LogP contribution in [0.15, 0.2) is 36.7 Å². The van der Waals surface area contributed by atoms with Crippen LogP contribution < -0.4 is 5.32 Å². The van der Waals surface area contributed by atoms with Crippen molar-refractivity contribution < 1.29 is 4.79 Å². The summed E-state index contributed by atoms with van der Waals surface area (Å²) in [4.78, 5) is 20.8. The number of rotatable bonds is 5. The number of carbonyl (C=O) groups is 1. The summed E-state index contributed by atoms with van der Waals surface area (Å²) in [5, 5.41) is 9.06. The third kappa shape index (κ3) is 4.24. The fourth-order valence-electron chi connectivity index (χ4n) is 5.03. The minimum atomic E-state index is -0.0526. The molecule has 0 spiro atoms. The molecule has 2 aliphatic rings. The van der Waals surface area contributed by atoms with E-state index in [1.807, 2.05) is 12.3 Å². The van der Waals surface area contributed by atoms with E-state index in [0.717, 1.165) is 48.7 Å². The summed E-state index contributed by atoms with van der Waals surface area (Å²) in [6.45, 7) is 9.76. The summed E-state index contributed by atoms with van der Waals surface area (Å²) in [5.41, 5.74) is 4.69. The molecule has 1 saturated heterocycles. The molecule has 32 heavy (non-hydrogen) atoms. The molecule has 1 amide bonds. The largest absolute Gasteiger partial charge is 0.344 e. The zero-order chi connectivity index (χ0) is 22.3. The number of amides is 1. The van der Waals surface area contributed by atoms with Crippen LogP contribution in [-0.2, 0) is 13.0 Å². The Labute approximate surface area is 193 Å². The molecule has 5 rings (SSSR count). The number of thiazole rings is 1. The van der Waals surface area contributed by atoms with Crippen molar-refractivity contribution >= 4 is 17.2 Å². The number of nitrogens with zero attached hydrogens (tertiary/aromatic N) is 4. The van der Waals surface area contributed by atoms with E-state index in [-0.39, 0.29) is 17.4 Å². The molecule has 1 aliphatic carbocycles. The van der Waals surface area contributed by atoms with Crippen LogP contribution in [0.4, 0.5) is 0 Å². The van der Waals surface area contributed by atoms with Crippen molar-refractivity contribution in [1.29, 1.82) is 0 Å². The smallest absolute Gasteiger partial charge is 0.263 e. The van der Waals surface area contributed by atoms with Crippen molar-refractivity contribution in [1.82, 2.24) is 25.0 Å². The van der Waals surface area contributed by atoms with E-state index in [0.29, 0.717) is 4.88 Å². The molecule has 0 saturated carbocycles. The van der Waals surface area contributed by atoms with Crippen LogP contribution in [-0.4, -0.2) is 38.7 Å². The monoisotopic (exact) mass is 449 g/mol. The molecule has 1 aromatic carbocycles. The van der Waals surface area contributed by atoms with E-state index < -0.39 is 0 Å². The molecule has 7 heteroatoms. The highest BCUT2D eigenvalue weighted by atomic mass is 32.1. The zero-order valence-electron chi connectivity index (χ0n) is 19.1. The minimum absolute atomic E-state index is 0.0348. The molecule has 1 fully saturated rings. The lowest BCUT2D eigenvalue weighted by molar-refractivity contribution is 0.0923. The van der Waals surface area contributed by atoms with Gasteiger partial charge in [0.05, 0.1) is 36.4 Å². The molecule has 0 unspecified atom stereocenters. The Hall–Kier alpha value is -2.51. The van der Waals surface area contributed by atoms with E-state index in [9.17, 15) is 4.79 Å². The maximum Gasteiger partial charge on any atom is 0.263 e. The van der Waals surface area contributed by atoms with Crippen LogP contribution in [0.5, 0.6) is 0 Å². The molecule has 0 radical (unpaired) electrons. The highest BCUT2D eigenvalue weighted by Gasteiger charge is 2.36. The fraction of sp³-hybridized carbons (Fsp3) is 0.480. The predicted molar refractivity (Wildman–Crippen MR) is 127 cm³/mol. The van der Waals surface area contributed by atoms with Crippen LogP contribution >= 0.6 is 11.3 Å². The normalized spacial score (nSPS) is 20.3. The molecular weight excluding hydrogens is 418 g/mol. The Bertz CT molecular complexity index is 1130. The molecule has 3 heterocycles. The summed E-state index contributed by atoms with van der Waals surface area (Å²) in [6.07, 6.45) is 8.02. The third-order valence-corrected chi connectivity index (χ3v) is 7.64. The Morgan fingerprint density at radius 1 is 1.22 bits per heavy atom. The maximum atomic E-state index is 13.1. The Kier molecular flexibility index (Phi) is 5.63. The maximum absolute atomic E-state index is 13.1. The predicted octanol–water partition coefficient (Wildman–Crippen LogP) is 4.68. The number of fused-ring (bicyclic) bond motifs is 1. The highest BCUT2D eigenvalue weighted by molar-refractivity contribution is 7.13. The van der Waals surface area contributed by atoms with Gasteiger partial charge >= 0.3 is 0 Å². The molecule has 1 aliphatic heterocycles. The van der Waals surface area contributed by atoms with Gasteiger partial charge < -0.3 is 5.32 Å². The Morgan fingerprint density at radius 3 is 2.78 bits per heavy atom. The van der Waals surface area contributed by atoms with Gasteiger partial charge in [-0.3, -0.25) is 9.69 Å². The molecule has 1 atom stereocenters. The van der Waals surface area contributed by atoms with E-state index in [4.69, 9.17) is 5.10 Å². The molecule has 3 aromatic rings. The number of benzene rings is 1. The third-order valence-electron chi connectivity index (χ3n) is 6.66. The second-order valence-electron chi connectivity index (χ2n) is 9.92. The van der Waals surface area contributed by atoms with Gasteiger partial charge in [0.15, 0.2) is 0 Å². The van der Waals surface area contributed by atoms with Crippen LogP contribution in [0.2, 0.25) is 0 Å². The first-order chi connectivity index (χ1) is 15.4. The van der Waals surface area contributed by atoms with E-state index >= 15 is 0 Å². The first-order valence-corrected chi connectivity index (χ1v) is 12.3. The number of para-hydroxylation sites is 1. The molecule has 168 valence electrons. The summed E-state index contributed by atoms with van der Waals surface area (Å²) in [6, 6.07) is 8.27. The highest BCUT2D eigenvalue weighted by Crippen LogP contribution is 2.41. The number of hydrogen-bond acceptors (Lipinski definition) is 5. The van der Waals surface area contributed by atoms with Crippen LogP contribution in [0.25, 0.3) is 5.69 Å². The van der Waals surface area contributed by atoms with Gasteiger partial charge in [-0.15, -0.1) is 11.3 Å². The molecule has 1 N–H and O–H groups in total. The number of carbonyl (C=O) groups excluding carboxylic acids is 1. The first-order valence-electron chi connectivity index (χ1n) is 11.5. The van der Waals surface area contributed by atoms with Crippen molar-refractivity contribution in [2.45, 2.75) is 59.0 Å². The van der Waals surface area contributed by atoms with Crippen molar-refractivity contribution in [2.75, 3.05) is 13.1 Å². The van der Waals surface area contributed by atoms with Crippen molar-refractivity contribution in [3.05, 3.63) is 63.4 Å². The van der Waals surface area contributed by atoms with Crippen molar-refractivity contribution in [3.8, 4) is 5.69 Å². The second-order valence-corrected chi connectivity index (χ2v) is 11.0. The lowest BCUT2D eigenvalue weighted by Gasteiger charge is -2.36. The summed E-state index contributed by atoms with van der Waals surface area (Å²) >= 11 is 1.52. The number of aromatic nitrogens is 3. The minimum Gasteiger partial charge on any atom is -0.344 e. The van der Waals surface area contributed by atoms with Gasteiger partial charge in [-0.2, -0.15) is 5.10 Å². The summed E-state index contributed by atoms with van der Waals surface area (Å²) in [5.74, 6) is -0.0348. The van der Waals surface area contributed by atoms with E-state index in [2.05, 4.69) is 58.9 Å². The summed E-state index contributed by atoms with van der Waals surface area (Å²) in [7, 11) is 0. The average molecular weight is 450 g/mol. The van der Waals surface area contributed by atoms with Gasteiger partial charge in [0, 0.05) is 5.56 Å². The lowest BCUT2D eigenvalue weighted by Crippen LogP contribution is -2.36. The Balaban J connectivity index is 1.37. The quantitative estimate of drug-likeness (QED) is 0.615. The van der Waals surface area contributed by atoms with E-state index in [1.54, 1.807) is 6.20 Å². The van der Waals surface area contributed by atoms with Crippen LogP contribution in [0.1, 0.15) is 70.7 Å². The number of likely N-dealkylation sites (tertiary alicyclic amines) is 1. The lowest BCUT2D eigenvalue weighted by atomic mass is 9.74. The number of hydrogen-bond donors (Lipinski definition) is 1. The van der Waals surface area contributed by atoms with Gasteiger partial charge in [-0.25, -0.2) is 9.67 Å². The average Bonchev–Trinajstić information content (AvgIpc) is 3.49. The zero-order valence-corrected chi connectivity index (χ0v) is 19.9. The molecule has 6 nitrogen and oxygen atoms in total. The topological polar surface area (TPSA) is 63.1 Å². The molecular formula is C25H31N5OS. The van der Waals surface area contributed by atoms with Crippen molar-refractivity contribution in [2.24, 2.45) is 5.41 Å². The van der Waals surface area contributed by atoms with Gasteiger partial charge in [0.1, 0.15) is 9.88 Å². The molecule has 2 aromatic heterocycles. The Morgan fingerprint density at radius 2 is 2.00 bits per heavy atom. The standard InChI is InChI=1S/C25H31N5OS/c1-17-8-4-5-9-20(17)30-21-13-25(2,3)12-19(18(21)14-27-30)28-24(31)22-15-26-23(32-22)16-29-10-6-7-11-29/h4-5,8-9,14-15,19H,6-7,10-13,16H2,1-3H3,(H,28,31)/t19-/m1/s1. The van der Waals surface area contributed by atoms with Crippen molar-refractivity contribution in [3.63, 3.8) is 0 Å². The van der Waals surface area contributed by atoms with Gasteiger partial charge in [0.25, 0.3) is 5.91 Å². The number of aryl methyl sites for hydroxylation is 1. The fourth-order valence-corrected chi connectivity index (χ4v) is 5.89.